The lowest BCUT2D eigenvalue weighted by atomic mass is 10.1. The van der Waals surface area contributed by atoms with E-state index < -0.39 is 0 Å². The fraction of sp³-hybridized carbons (Fsp3) is 0.467. The van der Waals surface area contributed by atoms with E-state index in [0.717, 1.165) is 5.56 Å². The molecule has 0 radical (unpaired) electrons. The van der Waals surface area contributed by atoms with E-state index in [4.69, 9.17) is 0 Å². The lowest BCUT2D eigenvalue weighted by Crippen LogP contribution is -2.35. The van der Waals surface area contributed by atoms with Gasteiger partial charge in [0.05, 0.1) is 5.92 Å². The van der Waals surface area contributed by atoms with Crippen molar-refractivity contribution in [3.8, 4) is 0 Å². The van der Waals surface area contributed by atoms with E-state index in [9.17, 15) is 9.59 Å². The third kappa shape index (κ3) is 3.34. The third-order valence-electron chi connectivity index (χ3n) is 3.46. The number of nitrogens with one attached hydrogen (secondary N) is 1. The molecular formula is C15H20N2O2. The minimum Gasteiger partial charge on any atom is -0.352 e. The van der Waals surface area contributed by atoms with Crippen LogP contribution in [-0.2, 0) is 16.1 Å². The van der Waals surface area contributed by atoms with Gasteiger partial charge in [0, 0.05) is 25.6 Å². The van der Waals surface area contributed by atoms with Crippen molar-refractivity contribution in [1.29, 1.82) is 0 Å². The molecule has 1 heterocycles. The molecule has 0 aromatic heterocycles. The standard InChI is InChI=1S/C15H20N2O2/c1-11(2)17-10-13(8-14(17)18)15(19)16-9-12-6-4-3-5-7-12/h3-7,11,13H,8-10H2,1-2H3,(H,16,19)/t13-/m0/s1. The first kappa shape index (κ1) is 13.6. The van der Waals surface area contributed by atoms with Crippen molar-refractivity contribution in [3.05, 3.63) is 35.9 Å². The van der Waals surface area contributed by atoms with E-state index in [1.165, 1.54) is 0 Å². The normalized spacial score (nSPS) is 19.0. The molecule has 0 saturated carbocycles. The van der Waals surface area contributed by atoms with Crippen LogP contribution >= 0.6 is 0 Å². The van der Waals surface area contributed by atoms with Crippen molar-refractivity contribution in [2.45, 2.75) is 32.9 Å². The van der Waals surface area contributed by atoms with Crippen LogP contribution in [-0.4, -0.2) is 29.3 Å². The predicted octanol–water partition coefficient (Wildman–Crippen LogP) is 1.56. The zero-order valence-electron chi connectivity index (χ0n) is 11.4. The highest BCUT2D eigenvalue weighted by atomic mass is 16.2. The average Bonchev–Trinajstić information content (AvgIpc) is 2.79. The summed E-state index contributed by atoms with van der Waals surface area (Å²) in [5.41, 5.74) is 1.07. The molecule has 19 heavy (non-hydrogen) atoms. The molecule has 102 valence electrons. The van der Waals surface area contributed by atoms with Crippen LogP contribution in [0.1, 0.15) is 25.8 Å². The summed E-state index contributed by atoms with van der Waals surface area (Å²) in [4.78, 5) is 25.6. The highest BCUT2D eigenvalue weighted by Crippen LogP contribution is 2.20. The molecule has 0 spiro atoms. The molecule has 1 aromatic carbocycles. The fourth-order valence-corrected chi connectivity index (χ4v) is 2.34. The summed E-state index contributed by atoms with van der Waals surface area (Å²) in [6.45, 7) is 5.01. The van der Waals surface area contributed by atoms with E-state index in [0.29, 0.717) is 19.5 Å². The molecule has 1 saturated heterocycles. The Balaban J connectivity index is 1.86. The highest BCUT2D eigenvalue weighted by Gasteiger charge is 2.35. The van der Waals surface area contributed by atoms with E-state index in [1.54, 1.807) is 4.90 Å². The number of benzene rings is 1. The predicted molar refractivity (Wildman–Crippen MR) is 73.2 cm³/mol. The van der Waals surface area contributed by atoms with Crippen molar-refractivity contribution in [2.75, 3.05) is 6.54 Å². The monoisotopic (exact) mass is 260 g/mol. The van der Waals surface area contributed by atoms with Crippen molar-refractivity contribution in [2.24, 2.45) is 5.92 Å². The summed E-state index contributed by atoms with van der Waals surface area (Å²) in [6.07, 6.45) is 0.332. The number of carbonyl (C=O) groups is 2. The van der Waals surface area contributed by atoms with Crippen molar-refractivity contribution in [1.82, 2.24) is 10.2 Å². The van der Waals surface area contributed by atoms with E-state index in [-0.39, 0.29) is 23.8 Å². The van der Waals surface area contributed by atoms with Gasteiger partial charge in [0.25, 0.3) is 0 Å². The van der Waals surface area contributed by atoms with Gasteiger partial charge in [0.15, 0.2) is 0 Å². The molecule has 4 heteroatoms. The Bertz CT molecular complexity index is 456. The van der Waals surface area contributed by atoms with Crippen molar-refractivity contribution >= 4 is 11.8 Å². The van der Waals surface area contributed by atoms with Gasteiger partial charge in [-0.2, -0.15) is 0 Å². The first-order chi connectivity index (χ1) is 9.08. The Kier molecular flexibility index (Phi) is 4.20. The molecule has 1 aromatic rings. The Morgan fingerprint density at radius 3 is 2.63 bits per heavy atom. The van der Waals surface area contributed by atoms with Gasteiger partial charge in [-0.25, -0.2) is 0 Å². The molecule has 1 fully saturated rings. The Morgan fingerprint density at radius 1 is 1.37 bits per heavy atom. The van der Waals surface area contributed by atoms with E-state index in [1.807, 2.05) is 44.2 Å². The number of hydrogen-bond donors (Lipinski definition) is 1. The first-order valence-corrected chi connectivity index (χ1v) is 6.69. The van der Waals surface area contributed by atoms with Crippen LogP contribution < -0.4 is 5.32 Å². The van der Waals surface area contributed by atoms with Gasteiger partial charge < -0.3 is 10.2 Å². The maximum atomic E-state index is 12.0. The van der Waals surface area contributed by atoms with E-state index >= 15 is 0 Å². The van der Waals surface area contributed by atoms with Gasteiger partial charge in [0.1, 0.15) is 0 Å². The summed E-state index contributed by atoms with van der Waals surface area (Å²) in [6, 6.07) is 9.95. The molecule has 2 rings (SSSR count). The number of amides is 2. The molecular weight excluding hydrogens is 240 g/mol. The number of carbonyl (C=O) groups excluding carboxylic acids is 2. The highest BCUT2D eigenvalue weighted by molar-refractivity contribution is 5.89. The smallest absolute Gasteiger partial charge is 0.225 e. The summed E-state index contributed by atoms with van der Waals surface area (Å²) in [7, 11) is 0. The molecule has 0 unspecified atom stereocenters. The molecule has 4 nitrogen and oxygen atoms in total. The van der Waals surface area contributed by atoms with Gasteiger partial charge in [0.2, 0.25) is 11.8 Å². The molecule has 1 atom stereocenters. The second kappa shape index (κ2) is 5.87. The first-order valence-electron chi connectivity index (χ1n) is 6.69. The Labute approximate surface area is 113 Å². The topological polar surface area (TPSA) is 49.4 Å². The molecule has 1 aliphatic heterocycles. The Hall–Kier alpha value is -1.84. The number of hydrogen-bond acceptors (Lipinski definition) is 2. The summed E-state index contributed by atoms with van der Waals surface area (Å²) < 4.78 is 0. The quantitative estimate of drug-likeness (QED) is 0.893. The number of rotatable bonds is 4. The second-order valence-electron chi connectivity index (χ2n) is 5.24. The lowest BCUT2D eigenvalue weighted by molar-refractivity contribution is -0.129. The van der Waals surface area contributed by atoms with Gasteiger partial charge >= 0.3 is 0 Å². The number of likely N-dealkylation sites (tertiary alicyclic amines) is 1. The summed E-state index contributed by atoms with van der Waals surface area (Å²) in [5.74, 6) is -0.158. The minimum atomic E-state index is -0.210. The average molecular weight is 260 g/mol. The van der Waals surface area contributed by atoms with Crippen LogP contribution in [0.15, 0.2) is 30.3 Å². The number of nitrogens with zero attached hydrogens (tertiary/aromatic N) is 1. The SMILES string of the molecule is CC(C)N1C[C@@H](C(=O)NCc2ccccc2)CC1=O. The molecule has 1 aliphatic rings. The van der Waals surface area contributed by atoms with Crippen LogP contribution in [0.5, 0.6) is 0 Å². The largest absolute Gasteiger partial charge is 0.352 e. The third-order valence-corrected chi connectivity index (χ3v) is 3.46. The van der Waals surface area contributed by atoms with Gasteiger partial charge in [-0.05, 0) is 19.4 Å². The van der Waals surface area contributed by atoms with Gasteiger partial charge in [-0.15, -0.1) is 0 Å². The molecule has 0 bridgehead atoms. The second-order valence-corrected chi connectivity index (χ2v) is 5.24. The van der Waals surface area contributed by atoms with Crippen LogP contribution in [0.25, 0.3) is 0 Å². The zero-order valence-corrected chi connectivity index (χ0v) is 11.4. The molecule has 2 amide bonds. The Morgan fingerprint density at radius 2 is 2.05 bits per heavy atom. The van der Waals surface area contributed by atoms with E-state index in [2.05, 4.69) is 5.32 Å². The van der Waals surface area contributed by atoms with Gasteiger partial charge in [-0.1, -0.05) is 30.3 Å². The van der Waals surface area contributed by atoms with Crippen LogP contribution in [0.2, 0.25) is 0 Å². The molecule has 1 N–H and O–H groups in total. The maximum Gasteiger partial charge on any atom is 0.225 e. The maximum absolute atomic E-state index is 12.0. The van der Waals surface area contributed by atoms with Gasteiger partial charge in [-0.3, -0.25) is 9.59 Å². The minimum absolute atomic E-state index is 0.0275. The summed E-state index contributed by atoms with van der Waals surface area (Å²) in [5, 5.41) is 2.90. The van der Waals surface area contributed by atoms with Crippen molar-refractivity contribution < 1.29 is 9.59 Å². The van der Waals surface area contributed by atoms with Crippen LogP contribution in [0, 0.1) is 5.92 Å². The fourth-order valence-electron chi connectivity index (χ4n) is 2.34. The summed E-state index contributed by atoms with van der Waals surface area (Å²) >= 11 is 0. The molecule has 0 aliphatic carbocycles. The van der Waals surface area contributed by atoms with Crippen LogP contribution in [0.4, 0.5) is 0 Å². The van der Waals surface area contributed by atoms with Crippen LogP contribution in [0.3, 0.4) is 0 Å². The lowest BCUT2D eigenvalue weighted by Gasteiger charge is -2.20. The van der Waals surface area contributed by atoms with Crippen molar-refractivity contribution in [3.63, 3.8) is 0 Å². The zero-order chi connectivity index (χ0) is 13.8.